The van der Waals surface area contributed by atoms with Crippen LogP contribution in [-0.4, -0.2) is 29.9 Å². The monoisotopic (exact) mass is 238 g/mol. The van der Waals surface area contributed by atoms with Gasteiger partial charge in [0.1, 0.15) is 0 Å². The minimum absolute atomic E-state index is 0.302. The van der Waals surface area contributed by atoms with E-state index in [0.717, 1.165) is 32.2 Å². The minimum Gasteiger partial charge on any atom is -0.338 e. The fourth-order valence-corrected chi connectivity index (χ4v) is 3.30. The molecule has 0 aromatic carbocycles. The molecule has 2 aliphatic rings. The van der Waals surface area contributed by atoms with Crippen molar-refractivity contribution in [2.45, 2.75) is 63.8 Å². The lowest BCUT2D eigenvalue weighted by Crippen LogP contribution is -2.47. The molecule has 2 N–H and O–H groups in total. The van der Waals surface area contributed by atoms with Gasteiger partial charge in [-0.1, -0.05) is 32.1 Å². The van der Waals surface area contributed by atoms with Gasteiger partial charge >= 0.3 is 0 Å². The van der Waals surface area contributed by atoms with Crippen molar-refractivity contribution < 1.29 is 4.79 Å². The third-order valence-corrected chi connectivity index (χ3v) is 4.39. The second-order valence-corrected chi connectivity index (χ2v) is 5.61. The van der Waals surface area contributed by atoms with E-state index in [1.165, 1.54) is 32.1 Å². The van der Waals surface area contributed by atoms with Crippen molar-refractivity contribution in [2.24, 2.45) is 11.7 Å². The summed E-state index contributed by atoms with van der Waals surface area (Å²) < 4.78 is 0. The molecular formula is C14H26N2O. The van der Waals surface area contributed by atoms with Gasteiger partial charge in [0.25, 0.3) is 0 Å². The standard InChI is InChI=1S/C14H26N2O/c15-11-13-9-5-2-6-10-16(13)14(17)12-7-3-1-4-8-12/h12-13H,1-11,15H2. The maximum absolute atomic E-state index is 12.5. The molecule has 1 amide bonds. The molecule has 1 unspecified atom stereocenters. The predicted molar refractivity (Wildman–Crippen MR) is 69.6 cm³/mol. The average molecular weight is 238 g/mol. The second kappa shape index (κ2) is 6.39. The van der Waals surface area contributed by atoms with E-state index in [-0.39, 0.29) is 0 Å². The molecule has 1 saturated heterocycles. The van der Waals surface area contributed by atoms with Crippen molar-refractivity contribution in [3.8, 4) is 0 Å². The fraction of sp³-hybridized carbons (Fsp3) is 0.929. The van der Waals surface area contributed by atoms with E-state index in [2.05, 4.69) is 4.90 Å². The largest absolute Gasteiger partial charge is 0.338 e. The van der Waals surface area contributed by atoms with Crippen LogP contribution in [0.3, 0.4) is 0 Å². The van der Waals surface area contributed by atoms with Crippen LogP contribution in [0.4, 0.5) is 0 Å². The summed E-state index contributed by atoms with van der Waals surface area (Å²) in [5, 5.41) is 0. The smallest absolute Gasteiger partial charge is 0.225 e. The van der Waals surface area contributed by atoms with Gasteiger partial charge in [0.2, 0.25) is 5.91 Å². The van der Waals surface area contributed by atoms with Crippen LogP contribution in [0.5, 0.6) is 0 Å². The second-order valence-electron chi connectivity index (χ2n) is 5.61. The number of nitrogens with two attached hydrogens (primary N) is 1. The Labute approximate surface area is 105 Å². The highest BCUT2D eigenvalue weighted by atomic mass is 16.2. The highest BCUT2D eigenvalue weighted by Gasteiger charge is 2.30. The summed E-state index contributed by atoms with van der Waals surface area (Å²) in [6.45, 7) is 1.58. The van der Waals surface area contributed by atoms with Crippen molar-refractivity contribution in [2.75, 3.05) is 13.1 Å². The summed E-state index contributed by atoms with van der Waals surface area (Å²) in [4.78, 5) is 14.7. The third kappa shape index (κ3) is 3.21. The van der Waals surface area contributed by atoms with Gasteiger partial charge in [-0.25, -0.2) is 0 Å². The first-order chi connectivity index (χ1) is 8.33. The SMILES string of the molecule is NCC1CCCCCN1C(=O)C1CCCCC1. The summed E-state index contributed by atoms with van der Waals surface area (Å²) in [6, 6.07) is 0.312. The van der Waals surface area contributed by atoms with Crippen LogP contribution >= 0.6 is 0 Å². The normalized spacial score (nSPS) is 27.8. The molecule has 1 saturated carbocycles. The van der Waals surface area contributed by atoms with E-state index in [0.29, 0.717) is 24.4 Å². The molecule has 3 heteroatoms. The Hall–Kier alpha value is -0.570. The van der Waals surface area contributed by atoms with Gasteiger partial charge < -0.3 is 10.6 Å². The molecule has 1 heterocycles. The molecule has 0 radical (unpaired) electrons. The van der Waals surface area contributed by atoms with Gasteiger partial charge in [0, 0.05) is 25.0 Å². The predicted octanol–water partition coefficient (Wildman–Crippen LogP) is 2.30. The molecule has 0 aromatic heterocycles. The van der Waals surface area contributed by atoms with E-state index < -0.39 is 0 Å². The average Bonchev–Trinajstić information content (AvgIpc) is 2.64. The zero-order valence-corrected chi connectivity index (χ0v) is 10.9. The molecule has 2 fully saturated rings. The molecule has 0 aromatic rings. The summed E-state index contributed by atoms with van der Waals surface area (Å²) in [6.07, 6.45) is 10.7. The lowest BCUT2D eigenvalue weighted by Gasteiger charge is -2.33. The number of hydrogen-bond acceptors (Lipinski definition) is 2. The Kier molecular flexibility index (Phi) is 4.84. The first kappa shape index (κ1) is 12.9. The molecule has 0 spiro atoms. The number of carbonyl (C=O) groups excluding carboxylic acids is 1. The summed E-state index contributed by atoms with van der Waals surface area (Å²) in [7, 11) is 0. The van der Waals surface area contributed by atoms with Crippen molar-refractivity contribution >= 4 is 5.91 Å². The Balaban J connectivity index is 1.98. The molecule has 0 bridgehead atoms. The van der Waals surface area contributed by atoms with E-state index in [4.69, 9.17) is 5.73 Å². The van der Waals surface area contributed by atoms with E-state index in [1.807, 2.05) is 0 Å². The number of nitrogens with zero attached hydrogens (tertiary/aromatic N) is 1. The first-order valence-corrected chi connectivity index (χ1v) is 7.33. The minimum atomic E-state index is 0.302. The maximum Gasteiger partial charge on any atom is 0.225 e. The third-order valence-electron chi connectivity index (χ3n) is 4.39. The molecular weight excluding hydrogens is 212 g/mol. The maximum atomic E-state index is 12.5. The van der Waals surface area contributed by atoms with E-state index in [1.54, 1.807) is 0 Å². The Bertz CT molecular complexity index is 249. The molecule has 2 rings (SSSR count). The van der Waals surface area contributed by atoms with E-state index >= 15 is 0 Å². The van der Waals surface area contributed by atoms with Crippen LogP contribution in [0.2, 0.25) is 0 Å². The number of likely N-dealkylation sites (tertiary alicyclic amines) is 1. The molecule has 3 nitrogen and oxygen atoms in total. The van der Waals surface area contributed by atoms with Gasteiger partial charge in [0.05, 0.1) is 0 Å². The Morgan fingerprint density at radius 3 is 2.35 bits per heavy atom. The number of amides is 1. The lowest BCUT2D eigenvalue weighted by atomic mass is 9.88. The van der Waals surface area contributed by atoms with Crippen molar-refractivity contribution in [3.63, 3.8) is 0 Å². The number of rotatable bonds is 2. The molecule has 98 valence electrons. The van der Waals surface area contributed by atoms with Crippen LogP contribution in [-0.2, 0) is 4.79 Å². The molecule has 17 heavy (non-hydrogen) atoms. The summed E-state index contributed by atoms with van der Waals surface area (Å²) in [5.74, 6) is 0.706. The zero-order chi connectivity index (χ0) is 12.1. The fourth-order valence-electron chi connectivity index (χ4n) is 3.30. The summed E-state index contributed by atoms with van der Waals surface area (Å²) >= 11 is 0. The Morgan fingerprint density at radius 2 is 1.65 bits per heavy atom. The van der Waals surface area contributed by atoms with Crippen LogP contribution < -0.4 is 5.73 Å². The first-order valence-electron chi connectivity index (χ1n) is 7.33. The molecule has 1 aliphatic carbocycles. The van der Waals surface area contributed by atoms with Crippen LogP contribution in [0.25, 0.3) is 0 Å². The lowest BCUT2D eigenvalue weighted by molar-refractivity contribution is -0.138. The summed E-state index contributed by atoms with van der Waals surface area (Å²) in [5.41, 5.74) is 5.84. The zero-order valence-electron chi connectivity index (χ0n) is 10.9. The van der Waals surface area contributed by atoms with E-state index in [9.17, 15) is 4.79 Å². The van der Waals surface area contributed by atoms with Crippen LogP contribution in [0, 0.1) is 5.92 Å². The molecule has 1 aliphatic heterocycles. The van der Waals surface area contributed by atoms with Crippen LogP contribution in [0.15, 0.2) is 0 Å². The van der Waals surface area contributed by atoms with Crippen molar-refractivity contribution in [3.05, 3.63) is 0 Å². The number of carbonyl (C=O) groups is 1. The quantitative estimate of drug-likeness (QED) is 0.802. The van der Waals surface area contributed by atoms with Crippen molar-refractivity contribution in [1.82, 2.24) is 4.90 Å². The topological polar surface area (TPSA) is 46.3 Å². The van der Waals surface area contributed by atoms with Gasteiger partial charge in [0.15, 0.2) is 0 Å². The van der Waals surface area contributed by atoms with Gasteiger partial charge in [-0.2, -0.15) is 0 Å². The number of hydrogen-bond donors (Lipinski definition) is 1. The van der Waals surface area contributed by atoms with Gasteiger partial charge in [-0.05, 0) is 25.7 Å². The van der Waals surface area contributed by atoms with Gasteiger partial charge in [-0.3, -0.25) is 4.79 Å². The Morgan fingerprint density at radius 1 is 1.00 bits per heavy atom. The van der Waals surface area contributed by atoms with Crippen LogP contribution in [0.1, 0.15) is 57.8 Å². The van der Waals surface area contributed by atoms with Crippen molar-refractivity contribution in [1.29, 1.82) is 0 Å². The molecule has 1 atom stereocenters. The highest BCUT2D eigenvalue weighted by molar-refractivity contribution is 5.79. The van der Waals surface area contributed by atoms with Gasteiger partial charge in [-0.15, -0.1) is 0 Å². The highest BCUT2D eigenvalue weighted by Crippen LogP contribution is 2.27.